The van der Waals surface area contributed by atoms with Crippen molar-refractivity contribution >= 4 is 39.9 Å². The third-order valence-corrected chi connectivity index (χ3v) is 4.72. The first-order chi connectivity index (χ1) is 9.60. The van der Waals surface area contributed by atoms with Gasteiger partial charge in [0.1, 0.15) is 5.75 Å². The van der Waals surface area contributed by atoms with Crippen LogP contribution >= 0.6 is 22.9 Å². The molecule has 2 aromatic heterocycles. The molecule has 1 aromatic carbocycles. The Morgan fingerprint density at radius 1 is 1.35 bits per heavy atom. The summed E-state index contributed by atoms with van der Waals surface area (Å²) < 4.78 is 8.00. The first kappa shape index (κ1) is 13.3. The number of nitrogens with two attached hydrogens (primary N) is 1. The fourth-order valence-corrected chi connectivity index (χ4v) is 3.41. The first-order valence-corrected chi connectivity index (χ1v) is 7.36. The number of rotatable bonds is 3. The highest BCUT2D eigenvalue weighted by Crippen LogP contribution is 2.33. The summed E-state index contributed by atoms with van der Waals surface area (Å²) in [4.78, 5) is 5.56. The third kappa shape index (κ3) is 2.13. The van der Waals surface area contributed by atoms with Crippen LogP contribution in [0.3, 0.4) is 0 Å². The number of benzene rings is 1. The van der Waals surface area contributed by atoms with E-state index < -0.39 is 0 Å². The van der Waals surface area contributed by atoms with Gasteiger partial charge in [0, 0.05) is 10.9 Å². The molecule has 6 heteroatoms. The van der Waals surface area contributed by atoms with Crippen LogP contribution in [-0.2, 0) is 0 Å². The van der Waals surface area contributed by atoms with Crippen molar-refractivity contribution in [2.24, 2.45) is 0 Å². The normalized spacial score (nSPS) is 12.8. The van der Waals surface area contributed by atoms with Crippen molar-refractivity contribution in [3.63, 3.8) is 0 Å². The van der Waals surface area contributed by atoms with Crippen molar-refractivity contribution in [1.82, 2.24) is 9.55 Å². The van der Waals surface area contributed by atoms with Crippen molar-refractivity contribution < 1.29 is 4.74 Å². The van der Waals surface area contributed by atoms with Gasteiger partial charge < -0.3 is 15.0 Å². The van der Waals surface area contributed by atoms with Gasteiger partial charge in [-0.25, -0.2) is 4.98 Å². The van der Waals surface area contributed by atoms with Crippen LogP contribution < -0.4 is 10.5 Å². The summed E-state index contributed by atoms with van der Waals surface area (Å²) in [6.45, 7) is 2.09. The molecule has 2 N–H and O–H groups in total. The number of ether oxygens (including phenoxy) is 1. The summed E-state index contributed by atoms with van der Waals surface area (Å²) in [5.74, 6) is 1.26. The number of nitrogens with zero attached hydrogens (tertiary/aromatic N) is 2. The molecule has 0 aliphatic heterocycles. The van der Waals surface area contributed by atoms with E-state index in [4.69, 9.17) is 22.1 Å². The van der Waals surface area contributed by atoms with Gasteiger partial charge in [-0.3, -0.25) is 0 Å². The second-order valence-electron chi connectivity index (χ2n) is 4.51. The molecule has 4 nitrogen and oxygen atoms in total. The molecule has 0 bridgehead atoms. The van der Waals surface area contributed by atoms with E-state index >= 15 is 0 Å². The number of nitrogen functional groups attached to an aromatic ring is 1. The van der Waals surface area contributed by atoms with Gasteiger partial charge in [-0.15, -0.1) is 11.3 Å². The number of thiophene rings is 1. The molecule has 0 aliphatic rings. The average Bonchev–Trinajstić information content (AvgIpc) is 3.00. The molecular formula is C14H14ClN3OS. The molecule has 104 valence electrons. The lowest BCUT2D eigenvalue weighted by atomic mass is 10.2. The molecule has 2 heterocycles. The van der Waals surface area contributed by atoms with E-state index in [2.05, 4.69) is 11.9 Å². The quantitative estimate of drug-likeness (QED) is 0.797. The maximum atomic E-state index is 6.07. The number of anilines is 1. The summed E-state index contributed by atoms with van der Waals surface area (Å²) in [7, 11) is 1.64. The molecule has 0 radical (unpaired) electrons. The Kier molecular flexibility index (Phi) is 3.31. The minimum atomic E-state index is 0.0888. The van der Waals surface area contributed by atoms with E-state index in [1.54, 1.807) is 18.4 Å². The van der Waals surface area contributed by atoms with Crippen LogP contribution in [0, 0.1) is 0 Å². The molecule has 1 atom stereocenters. The van der Waals surface area contributed by atoms with Crippen molar-refractivity contribution in [3.05, 3.63) is 39.5 Å². The number of halogens is 1. The molecule has 1 unspecified atom stereocenters. The first-order valence-electron chi connectivity index (χ1n) is 6.17. The molecule has 0 saturated carbocycles. The van der Waals surface area contributed by atoms with Crippen LogP contribution in [0.4, 0.5) is 5.95 Å². The lowest BCUT2D eigenvalue weighted by Crippen LogP contribution is -2.08. The summed E-state index contributed by atoms with van der Waals surface area (Å²) in [5.41, 5.74) is 7.89. The minimum Gasteiger partial charge on any atom is -0.497 e. The van der Waals surface area contributed by atoms with Crippen LogP contribution in [0.1, 0.15) is 17.8 Å². The smallest absolute Gasteiger partial charge is 0.201 e. The zero-order chi connectivity index (χ0) is 14.3. The number of hydrogen-bond donors (Lipinski definition) is 1. The summed E-state index contributed by atoms with van der Waals surface area (Å²) in [6, 6.07) is 9.78. The van der Waals surface area contributed by atoms with Crippen molar-refractivity contribution in [2.75, 3.05) is 12.8 Å². The Labute approximate surface area is 125 Å². The third-order valence-electron chi connectivity index (χ3n) is 3.32. The number of fused-ring (bicyclic) bond motifs is 1. The molecule has 20 heavy (non-hydrogen) atoms. The topological polar surface area (TPSA) is 53.1 Å². The molecular weight excluding hydrogens is 294 g/mol. The number of imidazole rings is 1. The highest BCUT2D eigenvalue weighted by Gasteiger charge is 2.17. The van der Waals surface area contributed by atoms with Crippen LogP contribution in [0.25, 0.3) is 11.0 Å². The van der Waals surface area contributed by atoms with Crippen molar-refractivity contribution in [1.29, 1.82) is 0 Å². The predicted molar refractivity (Wildman–Crippen MR) is 83.8 cm³/mol. The monoisotopic (exact) mass is 307 g/mol. The Morgan fingerprint density at radius 2 is 2.15 bits per heavy atom. The van der Waals surface area contributed by atoms with Gasteiger partial charge in [-0.1, -0.05) is 11.6 Å². The fourth-order valence-electron chi connectivity index (χ4n) is 2.31. The molecule has 0 aliphatic carbocycles. The second-order valence-corrected chi connectivity index (χ2v) is 6.26. The van der Waals surface area contributed by atoms with Crippen LogP contribution in [0.2, 0.25) is 4.34 Å². The average molecular weight is 308 g/mol. The number of methoxy groups -OCH3 is 1. The van der Waals surface area contributed by atoms with Gasteiger partial charge >= 0.3 is 0 Å². The summed E-state index contributed by atoms with van der Waals surface area (Å²) >= 11 is 7.56. The van der Waals surface area contributed by atoms with E-state index in [1.807, 2.05) is 34.9 Å². The molecule has 0 saturated heterocycles. The molecule has 3 aromatic rings. The van der Waals surface area contributed by atoms with Gasteiger partial charge in [0.2, 0.25) is 5.95 Å². The van der Waals surface area contributed by atoms with Gasteiger partial charge in [0.15, 0.2) is 0 Å². The lowest BCUT2D eigenvalue weighted by Gasteiger charge is -2.14. The van der Waals surface area contributed by atoms with Gasteiger partial charge in [-0.2, -0.15) is 0 Å². The van der Waals surface area contributed by atoms with Crippen LogP contribution in [0.5, 0.6) is 5.75 Å². The molecule has 0 spiro atoms. The molecule has 0 fully saturated rings. The van der Waals surface area contributed by atoms with Gasteiger partial charge in [0.05, 0.1) is 28.5 Å². The predicted octanol–water partition coefficient (Wildman–Crippen LogP) is 3.95. The van der Waals surface area contributed by atoms with E-state index in [0.717, 1.165) is 26.0 Å². The standard InChI is InChI=1S/C14H14ClN3OS/c1-8(12-5-6-13(15)20-12)18-11-4-3-9(19-2)7-10(11)17-14(18)16/h3-8H,1-2H3,(H2,16,17). The Hall–Kier alpha value is -1.72. The molecule has 3 rings (SSSR count). The summed E-state index contributed by atoms with van der Waals surface area (Å²) in [6.07, 6.45) is 0. The Bertz CT molecular complexity index is 765. The van der Waals surface area contributed by atoms with E-state index in [-0.39, 0.29) is 6.04 Å². The fraction of sp³-hybridized carbons (Fsp3) is 0.214. The van der Waals surface area contributed by atoms with Crippen molar-refractivity contribution in [2.45, 2.75) is 13.0 Å². The zero-order valence-electron chi connectivity index (χ0n) is 11.1. The highest BCUT2D eigenvalue weighted by molar-refractivity contribution is 7.16. The second kappa shape index (κ2) is 5.00. The Morgan fingerprint density at radius 3 is 2.80 bits per heavy atom. The molecule has 0 amide bonds. The van der Waals surface area contributed by atoms with E-state index in [9.17, 15) is 0 Å². The maximum absolute atomic E-state index is 6.07. The van der Waals surface area contributed by atoms with Gasteiger partial charge in [0.25, 0.3) is 0 Å². The van der Waals surface area contributed by atoms with Crippen molar-refractivity contribution in [3.8, 4) is 5.75 Å². The van der Waals surface area contributed by atoms with Gasteiger partial charge in [-0.05, 0) is 31.2 Å². The summed E-state index contributed by atoms with van der Waals surface area (Å²) in [5, 5.41) is 0. The maximum Gasteiger partial charge on any atom is 0.201 e. The van der Waals surface area contributed by atoms with E-state index in [1.165, 1.54) is 0 Å². The largest absolute Gasteiger partial charge is 0.497 e. The SMILES string of the molecule is COc1ccc2c(c1)nc(N)n2C(C)c1ccc(Cl)s1. The highest BCUT2D eigenvalue weighted by atomic mass is 35.5. The minimum absolute atomic E-state index is 0.0888. The Balaban J connectivity index is 2.13. The van der Waals surface area contributed by atoms with Crippen LogP contribution in [0.15, 0.2) is 30.3 Å². The lowest BCUT2D eigenvalue weighted by molar-refractivity contribution is 0.415. The number of hydrogen-bond acceptors (Lipinski definition) is 4. The zero-order valence-corrected chi connectivity index (χ0v) is 12.7. The van der Waals surface area contributed by atoms with Crippen LogP contribution in [-0.4, -0.2) is 16.7 Å². The van der Waals surface area contributed by atoms with E-state index in [0.29, 0.717) is 5.95 Å². The number of aromatic nitrogens is 2.